The quantitative estimate of drug-likeness (QED) is 0.766. The van der Waals surface area contributed by atoms with Gasteiger partial charge < -0.3 is 10.6 Å². The number of carbonyl (C=O) groups is 2. The summed E-state index contributed by atoms with van der Waals surface area (Å²) in [7, 11) is 0. The third kappa shape index (κ3) is 6.05. The maximum absolute atomic E-state index is 13.3. The predicted octanol–water partition coefficient (Wildman–Crippen LogP) is 3.93. The number of benzene rings is 2. The van der Waals surface area contributed by atoms with E-state index in [-0.39, 0.29) is 23.9 Å². The van der Waals surface area contributed by atoms with Gasteiger partial charge in [0, 0.05) is 30.4 Å². The largest absolute Gasteiger partial charge is 0.326 e. The van der Waals surface area contributed by atoms with Crippen LogP contribution in [0.1, 0.15) is 25.7 Å². The first-order valence-electron chi connectivity index (χ1n) is 9.47. The number of piperidine rings is 1. The van der Waals surface area contributed by atoms with Gasteiger partial charge in [0.1, 0.15) is 17.5 Å². The van der Waals surface area contributed by atoms with E-state index in [2.05, 4.69) is 10.6 Å². The smallest absolute Gasteiger partial charge is 0.241 e. The summed E-state index contributed by atoms with van der Waals surface area (Å²) in [6.45, 7) is 0.986. The van der Waals surface area contributed by atoms with Crippen LogP contribution in [0.2, 0.25) is 0 Å². The summed E-state index contributed by atoms with van der Waals surface area (Å²) in [6, 6.07) is 7.98. The van der Waals surface area contributed by atoms with E-state index in [9.17, 15) is 22.8 Å². The van der Waals surface area contributed by atoms with Gasteiger partial charge in [-0.3, -0.25) is 14.5 Å². The van der Waals surface area contributed by atoms with Gasteiger partial charge in [0.25, 0.3) is 0 Å². The first kappa shape index (κ1) is 20.9. The van der Waals surface area contributed by atoms with E-state index in [0.717, 1.165) is 31.0 Å². The normalized spacial score (nSPS) is 17.0. The Morgan fingerprint density at radius 2 is 1.66 bits per heavy atom. The number of rotatable bonds is 6. The fraction of sp³-hybridized carbons (Fsp3) is 0.333. The summed E-state index contributed by atoms with van der Waals surface area (Å²) < 4.78 is 39.9. The van der Waals surface area contributed by atoms with E-state index >= 15 is 0 Å². The number of amides is 2. The molecule has 2 aromatic carbocycles. The molecule has 2 aromatic rings. The summed E-state index contributed by atoms with van der Waals surface area (Å²) in [5, 5.41) is 5.18. The summed E-state index contributed by atoms with van der Waals surface area (Å²) in [4.78, 5) is 26.7. The van der Waals surface area contributed by atoms with Crippen LogP contribution in [0, 0.1) is 17.5 Å². The van der Waals surface area contributed by atoms with Crippen molar-refractivity contribution in [1.82, 2.24) is 4.90 Å². The zero-order chi connectivity index (χ0) is 20.8. The van der Waals surface area contributed by atoms with Crippen LogP contribution in [0.3, 0.4) is 0 Å². The average molecular weight is 405 g/mol. The summed E-state index contributed by atoms with van der Waals surface area (Å²) in [5.41, 5.74) is 0.429. The Morgan fingerprint density at radius 1 is 0.931 bits per heavy atom. The molecule has 0 saturated carbocycles. The summed E-state index contributed by atoms with van der Waals surface area (Å²) in [6.07, 6.45) is 2.47. The Labute approximate surface area is 166 Å². The highest BCUT2D eigenvalue weighted by atomic mass is 19.1. The van der Waals surface area contributed by atoms with Gasteiger partial charge in [0.2, 0.25) is 11.8 Å². The minimum atomic E-state index is -0.769. The van der Waals surface area contributed by atoms with Crippen molar-refractivity contribution < 1.29 is 22.8 Å². The molecule has 0 aliphatic carbocycles. The molecule has 2 N–H and O–H groups in total. The molecule has 1 unspecified atom stereocenters. The highest BCUT2D eigenvalue weighted by Crippen LogP contribution is 2.20. The highest BCUT2D eigenvalue weighted by molar-refractivity contribution is 5.95. The second kappa shape index (κ2) is 9.56. The Balaban J connectivity index is 1.57. The zero-order valence-electron chi connectivity index (χ0n) is 15.8. The second-order valence-electron chi connectivity index (χ2n) is 7.00. The number of halogens is 3. The van der Waals surface area contributed by atoms with Crippen LogP contribution in [-0.4, -0.2) is 35.8 Å². The van der Waals surface area contributed by atoms with Gasteiger partial charge >= 0.3 is 0 Å². The van der Waals surface area contributed by atoms with Crippen molar-refractivity contribution in [3.8, 4) is 0 Å². The van der Waals surface area contributed by atoms with Gasteiger partial charge in [0.05, 0.1) is 6.04 Å². The number of nitrogens with one attached hydrogen (secondary N) is 2. The molecule has 0 radical (unpaired) electrons. The Morgan fingerprint density at radius 3 is 2.38 bits per heavy atom. The van der Waals surface area contributed by atoms with E-state index in [1.165, 1.54) is 18.2 Å². The minimum absolute atomic E-state index is 0.0573. The van der Waals surface area contributed by atoms with Crippen LogP contribution in [0.5, 0.6) is 0 Å². The Hall–Kier alpha value is -2.87. The first-order chi connectivity index (χ1) is 13.9. The zero-order valence-corrected chi connectivity index (χ0v) is 15.8. The molecule has 29 heavy (non-hydrogen) atoms. The molecule has 1 heterocycles. The number of anilines is 2. The molecule has 1 aliphatic heterocycles. The van der Waals surface area contributed by atoms with Crippen molar-refractivity contribution >= 4 is 23.2 Å². The second-order valence-corrected chi connectivity index (χ2v) is 7.00. The van der Waals surface area contributed by atoms with E-state index in [4.69, 9.17) is 0 Å². The molecule has 8 heteroatoms. The molecular weight excluding hydrogens is 383 g/mol. The molecule has 0 aromatic heterocycles. The molecule has 154 valence electrons. The van der Waals surface area contributed by atoms with Crippen molar-refractivity contribution in [2.75, 3.05) is 23.7 Å². The van der Waals surface area contributed by atoms with Crippen LogP contribution in [-0.2, 0) is 9.59 Å². The maximum Gasteiger partial charge on any atom is 0.241 e. The lowest BCUT2D eigenvalue weighted by molar-refractivity contribution is -0.123. The van der Waals surface area contributed by atoms with Gasteiger partial charge in [-0.2, -0.15) is 0 Å². The first-order valence-corrected chi connectivity index (χ1v) is 9.47. The molecular formula is C21H22F3N3O2. The number of carbonyl (C=O) groups excluding carboxylic acids is 2. The van der Waals surface area contributed by atoms with Gasteiger partial charge in [0.15, 0.2) is 0 Å². The number of likely N-dealkylation sites (tertiary alicyclic amines) is 1. The minimum Gasteiger partial charge on any atom is -0.326 e. The van der Waals surface area contributed by atoms with E-state index < -0.39 is 23.5 Å². The topological polar surface area (TPSA) is 61.4 Å². The van der Waals surface area contributed by atoms with Gasteiger partial charge in [-0.25, -0.2) is 13.2 Å². The molecule has 1 saturated heterocycles. The predicted molar refractivity (Wildman–Crippen MR) is 104 cm³/mol. The van der Waals surface area contributed by atoms with E-state index in [1.807, 2.05) is 4.90 Å². The highest BCUT2D eigenvalue weighted by Gasteiger charge is 2.29. The lowest BCUT2D eigenvalue weighted by Gasteiger charge is -2.34. The summed E-state index contributed by atoms with van der Waals surface area (Å²) >= 11 is 0. The van der Waals surface area contributed by atoms with Crippen LogP contribution >= 0.6 is 0 Å². The number of hydrogen-bond acceptors (Lipinski definition) is 3. The van der Waals surface area contributed by atoms with Crippen molar-refractivity contribution in [3.63, 3.8) is 0 Å². The molecule has 2 amide bonds. The molecule has 5 nitrogen and oxygen atoms in total. The SMILES string of the molecule is O=C(CCN1CCCCC1C(=O)Nc1cc(F)cc(F)c1)Nc1cccc(F)c1. The van der Waals surface area contributed by atoms with Crippen LogP contribution in [0.25, 0.3) is 0 Å². The number of nitrogens with zero attached hydrogens (tertiary/aromatic N) is 1. The molecule has 0 bridgehead atoms. The fourth-order valence-corrected chi connectivity index (χ4v) is 3.44. The van der Waals surface area contributed by atoms with Gasteiger partial charge in [-0.15, -0.1) is 0 Å². The maximum atomic E-state index is 13.3. The lowest BCUT2D eigenvalue weighted by atomic mass is 10.0. The monoisotopic (exact) mass is 405 g/mol. The molecule has 3 rings (SSSR count). The molecule has 1 atom stereocenters. The molecule has 1 aliphatic rings. The average Bonchev–Trinajstić information content (AvgIpc) is 2.66. The standard InChI is InChI=1S/C21H22F3N3O2/c22-14-4-3-5-17(11-14)25-20(28)7-9-27-8-2-1-6-19(27)21(29)26-18-12-15(23)10-16(24)13-18/h3-5,10-13,19H,1-2,6-9H2,(H,25,28)(H,26,29). The molecule has 0 spiro atoms. The van der Waals surface area contributed by atoms with Crippen LogP contribution in [0.4, 0.5) is 24.5 Å². The van der Waals surface area contributed by atoms with Crippen molar-refractivity contribution in [3.05, 3.63) is 59.9 Å². The fourth-order valence-electron chi connectivity index (χ4n) is 3.44. The lowest BCUT2D eigenvalue weighted by Crippen LogP contribution is -2.48. The van der Waals surface area contributed by atoms with Crippen molar-refractivity contribution in [1.29, 1.82) is 0 Å². The summed E-state index contributed by atoms with van der Waals surface area (Å²) in [5.74, 6) is -2.62. The van der Waals surface area contributed by atoms with E-state index in [1.54, 1.807) is 6.07 Å². The van der Waals surface area contributed by atoms with Crippen LogP contribution in [0.15, 0.2) is 42.5 Å². The third-order valence-corrected chi connectivity index (χ3v) is 4.78. The van der Waals surface area contributed by atoms with Crippen molar-refractivity contribution in [2.24, 2.45) is 0 Å². The van der Waals surface area contributed by atoms with Gasteiger partial charge in [-0.1, -0.05) is 12.5 Å². The Kier molecular flexibility index (Phi) is 6.87. The van der Waals surface area contributed by atoms with Crippen LogP contribution < -0.4 is 10.6 Å². The third-order valence-electron chi connectivity index (χ3n) is 4.78. The van der Waals surface area contributed by atoms with E-state index in [0.29, 0.717) is 25.2 Å². The van der Waals surface area contributed by atoms with Gasteiger partial charge in [-0.05, 0) is 49.7 Å². The van der Waals surface area contributed by atoms with Crippen molar-refractivity contribution in [2.45, 2.75) is 31.7 Å². The Bertz CT molecular complexity index is 871. The number of hydrogen-bond donors (Lipinski definition) is 2. The molecule has 1 fully saturated rings.